The standard InChI is InChI=1S/C38H68N4O7SSi/c1-12-14-15-17-21-42(31(26(3)4)24-32(49-28(6)43)35-39-29(25-50-35)37(46)47)36(45)33(27(5)13-2)40-34(44)30-19-16-18-20-41(30)22-23-48-51(10,11)38(7,8)9/h25-27,30-33H,12-24H2,1-11H3,(H,40,44)(H,46,47)/t27-,30+,31+,32+,33-/m0/s1. The first kappa shape index (κ1) is 44.8. The molecule has 5 atom stereocenters. The molecule has 2 heterocycles. The fourth-order valence-corrected chi connectivity index (χ4v) is 8.23. The second-order valence-electron chi connectivity index (χ2n) is 16.1. The van der Waals surface area contributed by atoms with E-state index in [-0.39, 0.29) is 52.9 Å². The molecule has 51 heavy (non-hydrogen) atoms. The van der Waals surface area contributed by atoms with Crippen LogP contribution in [0.2, 0.25) is 18.1 Å². The van der Waals surface area contributed by atoms with Crippen molar-refractivity contribution in [1.82, 2.24) is 20.1 Å². The number of rotatable bonds is 21. The molecule has 292 valence electrons. The number of carbonyl (C=O) groups is 4. The topological polar surface area (TPSA) is 138 Å². The molecule has 0 aliphatic carbocycles. The van der Waals surface area contributed by atoms with Gasteiger partial charge in [-0.15, -0.1) is 11.3 Å². The molecule has 0 aromatic carbocycles. The van der Waals surface area contributed by atoms with Gasteiger partial charge in [0.1, 0.15) is 11.0 Å². The average Bonchev–Trinajstić information content (AvgIpc) is 3.55. The Bertz CT molecular complexity index is 1270. The lowest BCUT2D eigenvalue weighted by molar-refractivity contribution is -0.149. The molecule has 2 rings (SSSR count). The molecule has 0 bridgehead atoms. The molecule has 0 spiro atoms. The molecule has 0 saturated carbocycles. The third-order valence-corrected chi connectivity index (χ3v) is 16.3. The summed E-state index contributed by atoms with van der Waals surface area (Å²) in [6, 6.07) is -1.42. The van der Waals surface area contributed by atoms with E-state index in [1.54, 1.807) is 0 Å². The van der Waals surface area contributed by atoms with Gasteiger partial charge in [0.2, 0.25) is 11.8 Å². The van der Waals surface area contributed by atoms with Gasteiger partial charge >= 0.3 is 11.9 Å². The summed E-state index contributed by atoms with van der Waals surface area (Å²) < 4.78 is 12.2. The Kier molecular flexibility index (Phi) is 18.3. The van der Waals surface area contributed by atoms with Crippen LogP contribution in [0.4, 0.5) is 0 Å². The predicted octanol–water partition coefficient (Wildman–Crippen LogP) is 7.68. The number of piperidine rings is 1. The van der Waals surface area contributed by atoms with Crippen molar-refractivity contribution in [2.45, 2.75) is 162 Å². The number of carboxylic acid groups (broad SMARTS) is 1. The number of unbranched alkanes of at least 4 members (excludes halogenated alkanes) is 3. The summed E-state index contributed by atoms with van der Waals surface area (Å²) in [5, 5.41) is 14.7. The average molecular weight is 753 g/mol. The molecule has 11 nitrogen and oxygen atoms in total. The maximum absolute atomic E-state index is 14.8. The molecule has 0 unspecified atom stereocenters. The van der Waals surface area contributed by atoms with Gasteiger partial charge in [-0.25, -0.2) is 9.78 Å². The van der Waals surface area contributed by atoms with Gasteiger partial charge in [-0.3, -0.25) is 19.3 Å². The minimum absolute atomic E-state index is 0.0277. The van der Waals surface area contributed by atoms with Gasteiger partial charge in [-0.05, 0) is 55.8 Å². The molecule has 2 N–H and O–H groups in total. The van der Waals surface area contributed by atoms with Crippen LogP contribution in [-0.2, 0) is 23.5 Å². The number of nitrogens with zero attached hydrogens (tertiary/aromatic N) is 3. The summed E-state index contributed by atoms with van der Waals surface area (Å²) in [5.74, 6) is -2.06. The van der Waals surface area contributed by atoms with Gasteiger partial charge in [0.15, 0.2) is 20.1 Å². The first-order valence-corrected chi connectivity index (χ1v) is 23.0. The van der Waals surface area contributed by atoms with E-state index in [4.69, 9.17) is 9.16 Å². The number of aromatic nitrogens is 1. The van der Waals surface area contributed by atoms with E-state index in [1.165, 1.54) is 12.3 Å². The molecule has 1 aliphatic heterocycles. The Morgan fingerprint density at radius 2 is 1.80 bits per heavy atom. The van der Waals surface area contributed by atoms with Crippen molar-refractivity contribution in [3.8, 4) is 0 Å². The molecule has 1 aromatic rings. The lowest BCUT2D eigenvalue weighted by Gasteiger charge is -2.41. The molecule has 1 aliphatic rings. The number of carboxylic acids is 1. The summed E-state index contributed by atoms with van der Waals surface area (Å²) in [7, 11) is -1.93. The van der Waals surface area contributed by atoms with E-state index < -0.39 is 32.4 Å². The fourth-order valence-electron chi connectivity index (χ4n) is 6.36. The summed E-state index contributed by atoms with van der Waals surface area (Å²) >= 11 is 1.13. The third-order valence-electron chi connectivity index (χ3n) is 10.8. The molecular formula is C38H68N4O7SSi. The van der Waals surface area contributed by atoms with Crippen LogP contribution in [0.5, 0.6) is 0 Å². The van der Waals surface area contributed by atoms with Gasteiger partial charge < -0.3 is 24.5 Å². The predicted molar refractivity (Wildman–Crippen MR) is 206 cm³/mol. The number of hydrogen-bond acceptors (Lipinski definition) is 9. The molecule has 0 radical (unpaired) electrons. The van der Waals surface area contributed by atoms with Crippen LogP contribution in [0.25, 0.3) is 0 Å². The van der Waals surface area contributed by atoms with E-state index in [0.717, 1.165) is 62.8 Å². The highest BCUT2D eigenvalue weighted by Gasteiger charge is 2.40. The minimum Gasteiger partial charge on any atom is -0.476 e. The van der Waals surface area contributed by atoms with Crippen LogP contribution in [0.1, 0.15) is 142 Å². The van der Waals surface area contributed by atoms with Gasteiger partial charge in [0, 0.05) is 44.5 Å². The van der Waals surface area contributed by atoms with Gasteiger partial charge in [-0.2, -0.15) is 0 Å². The maximum Gasteiger partial charge on any atom is 0.355 e. The number of nitrogens with one attached hydrogen (secondary N) is 1. The SMILES string of the molecule is CCCCCCN(C(=O)[C@@H](NC(=O)[C@H]1CCCCN1CCO[Si](C)(C)C(C)(C)C)[C@@H](C)CC)[C@H](C[C@@H](OC(C)=O)c1nc(C(=O)O)cs1)C(C)C. The van der Waals surface area contributed by atoms with Gasteiger partial charge in [-0.1, -0.05) is 87.5 Å². The van der Waals surface area contributed by atoms with Crippen molar-refractivity contribution >= 4 is 43.4 Å². The first-order chi connectivity index (χ1) is 23.8. The molecule has 1 saturated heterocycles. The highest BCUT2D eigenvalue weighted by Crippen LogP contribution is 2.36. The van der Waals surface area contributed by atoms with E-state index in [2.05, 4.69) is 56.0 Å². The van der Waals surface area contributed by atoms with Crippen LogP contribution < -0.4 is 5.32 Å². The van der Waals surface area contributed by atoms with Crippen molar-refractivity contribution in [1.29, 1.82) is 0 Å². The van der Waals surface area contributed by atoms with Crippen LogP contribution in [0, 0.1) is 11.8 Å². The largest absolute Gasteiger partial charge is 0.476 e. The number of amides is 2. The Hall–Kier alpha value is -2.35. The number of thiazole rings is 1. The first-order valence-electron chi connectivity index (χ1n) is 19.2. The van der Waals surface area contributed by atoms with Crippen molar-refractivity contribution < 1.29 is 33.4 Å². The number of hydrogen-bond donors (Lipinski definition) is 2. The third kappa shape index (κ3) is 13.5. The summed E-state index contributed by atoms with van der Waals surface area (Å²) in [4.78, 5) is 61.3. The Balaban J connectivity index is 2.40. The lowest BCUT2D eigenvalue weighted by Crippen LogP contribution is -2.59. The Morgan fingerprint density at radius 1 is 1.12 bits per heavy atom. The highest BCUT2D eigenvalue weighted by molar-refractivity contribution is 7.09. The van der Waals surface area contributed by atoms with Crippen molar-refractivity contribution in [2.24, 2.45) is 11.8 Å². The van der Waals surface area contributed by atoms with Gasteiger partial charge in [0.25, 0.3) is 0 Å². The molecule has 1 aromatic heterocycles. The maximum atomic E-state index is 14.8. The van der Waals surface area contributed by atoms with Crippen LogP contribution in [0.3, 0.4) is 0 Å². The van der Waals surface area contributed by atoms with Crippen LogP contribution >= 0.6 is 11.3 Å². The summed E-state index contributed by atoms with van der Waals surface area (Å²) in [6.07, 6.45) is 6.71. The summed E-state index contributed by atoms with van der Waals surface area (Å²) in [6.45, 7) is 25.3. The van der Waals surface area contributed by atoms with Gasteiger partial charge in [0.05, 0.1) is 6.04 Å². The highest BCUT2D eigenvalue weighted by atomic mass is 32.1. The summed E-state index contributed by atoms with van der Waals surface area (Å²) in [5.41, 5.74) is -0.108. The lowest BCUT2D eigenvalue weighted by atomic mass is 9.91. The Morgan fingerprint density at radius 3 is 2.35 bits per heavy atom. The number of carbonyl (C=O) groups excluding carboxylic acids is 3. The number of esters is 1. The van der Waals surface area contributed by atoms with E-state index >= 15 is 0 Å². The van der Waals surface area contributed by atoms with Crippen molar-refractivity contribution in [3.05, 3.63) is 16.1 Å². The Labute approximate surface area is 312 Å². The fraction of sp³-hybridized carbons (Fsp3) is 0.816. The molecule has 1 fully saturated rings. The second-order valence-corrected chi connectivity index (χ2v) is 21.8. The number of aromatic carboxylic acids is 1. The quantitative estimate of drug-likeness (QED) is 0.0736. The smallest absolute Gasteiger partial charge is 0.355 e. The number of ether oxygens (including phenoxy) is 1. The van der Waals surface area contributed by atoms with E-state index in [1.807, 2.05) is 32.6 Å². The minimum atomic E-state index is -1.93. The zero-order valence-corrected chi connectivity index (χ0v) is 35.2. The normalized spacial score (nSPS) is 18.2. The van der Waals surface area contributed by atoms with Crippen molar-refractivity contribution in [3.63, 3.8) is 0 Å². The molecule has 13 heteroatoms. The number of likely N-dealkylation sites (tertiary alicyclic amines) is 1. The molecular weight excluding hydrogens is 685 g/mol. The van der Waals surface area contributed by atoms with Crippen LogP contribution in [-0.4, -0.2) is 96.3 Å². The zero-order valence-electron chi connectivity index (χ0n) is 33.4. The van der Waals surface area contributed by atoms with Crippen molar-refractivity contribution in [2.75, 3.05) is 26.2 Å². The molecule has 2 amide bonds. The van der Waals surface area contributed by atoms with E-state index in [9.17, 15) is 24.3 Å². The van der Waals surface area contributed by atoms with E-state index in [0.29, 0.717) is 31.1 Å². The zero-order chi connectivity index (χ0) is 38.5. The van der Waals surface area contributed by atoms with Crippen LogP contribution in [0.15, 0.2) is 5.38 Å². The monoisotopic (exact) mass is 752 g/mol. The second kappa shape index (κ2) is 20.8.